The van der Waals surface area contributed by atoms with Crippen LogP contribution in [-0.2, 0) is 10.0 Å². The van der Waals surface area contributed by atoms with E-state index in [1.54, 1.807) is 6.07 Å². The van der Waals surface area contributed by atoms with Gasteiger partial charge < -0.3 is 0 Å². The summed E-state index contributed by atoms with van der Waals surface area (Å²) in [6.07, 6.45) is -0.449. The lowest BCUT2D eigenvalue weighted by Gasteiger charge is -2.10. The smallest absolute Gasteiger partial charge is 0.293 e. The normalized spacial score (nSPS) is 11.7. The predicted octanol–water partition coefficient (Wildman–Crippen LogP) is 2.04. The first kappa shape index (κ1) is 15.0. The van der Waals surface area contributed by atoms with Crippen LogP contribution in [0, 0.1) is 11.3 Å². The zero-order valence-electron chi connectivity index (χ0n) is 9.23. The lowest BCUT2D eigenvalue weighted by molar-refractivity contribution is -0.0429. The summed E-state index contributed by atoms with van der Waals surface area (Å²) in [7, 11) is -5.53. The Hall–Kier alpha value is -2.08. The first-order valence-electron chi connectivity index (χ1n) is 4.76. The van der Waals surface area contributed by atoms with E-state index in [0.29, 0.717) is 0 Å². The van der Waals surface area contributed by atoms with E-state index < -0.39 is 33.4 Å². The molecule has 0 aliphatic rings. The van der Waals surface area contributed by atoms with Gasteiger partial charge in [-0.2, -0.15) is 26.9 Å². The highest BCUT2D eigenvalue weighted by Gasteiger charge is 2.46. The number of carbonyl (C=O) groups is 1. The number of anilines is 1. The highest BCUT2D eigenvalue weighted by molar-refractivity contribution is 7.93. The van der Waals surface area contributed by atoms with Crippen molar-refractivity contribution in [3.8, 4) is 6.07 Å². The van der Waals surface area contributed by atoms with Gasteiger partial charge in [-0.05, 0) is 12.1 Å². The molecule has 1 aromatic rings. The van der Waals surface area contributed by atoms with Crippen LogP contribution in [-0.4, -0.2) is 19.7 Å². The Morgan fingerprint density at radius 1 is 1.37 bits per heavy atom. The Kier molecular flexibility index (Phi) is 4.16. The number of benzene rings is 1. The molecule has 19 heavy (non-hydrogen) atoms. The minimum absolute atomic E-state index is 0.0519. The maximum Gasteiger partial charge on any atom is 0.516 e. The minimum atomic E-state index is -5.53. The second kappa shape index (κ2) is 5.27. The molecule has 0 saturated heterocycles. The van der Waals surface area contributed by atoms with Gasteiger partial charge in [-0.15, -0.1) is 0 Å². The van der Waals surface area contributed by atoms with Gasteiger partial charge in [0.15, 0.2) is 5.78 Å². The summed E-state index contributed by atoms with van der Waals surface area (Å²) in [5.41, 5.74) is -5.90. The van der Waals surface area contributed by atoms with Gasteiger partial charge in [-0.1, -0.05) is 12.1 Å². The molecule has 1 N–H and O–H groups in total. The molecular formula is C10H7F3N2O3S. The molecule has 0 radical (unpaired) electrons. The Morgan fingerprint density at radius 3 is 2.53 bits per heavy atom. The fraction of sp³-hybridized carbons (Fsp3) is 0.200. The molecule has 0 aliphatic heterocycles. The summed E-state index contributed by atoms with van der Waals surface area (Å²) in [6.45, 7) is 0. The molecule has 0 fully saturated rings. The SMILES string of the molecule is N#CCC(=O)c1cccc(NS(=O)(=O)C(F)(F)F)c1. The first-order chi connectivity index (χ1) is 8.67. The second-order valence-corrected chi connectivity index (χ2v) is 5.06. The number of hydrogen-bond acceptors (Lipinski definition) is 4. The molecule has 0 unspecified atom stereocenters. The van der Waals surface area contributed by atoms with Crippen molar-refractivity contribution in [1.82, 2.24) is 0 Å². The topological polar surface area (TPSA) is 87.0 Å². The van der Waals surface area contributed by atoms with Gasteiger partial charge in [-0.3, -0.25) is 9.52 Å². The largest absolute Gasteiger partial charge is 0.516 e. The molecule has 102 valence electrons. The van der Waals surface area contributed by atoms with Crippen molar-refractivity contribution in [2.24, 2.45) is 0 Å². The van der Waals surface area contributed by atoms with E-state index in [-0.39, 0.29) is 5.56 Å². The third-order valence-electron chi connectivity index (χ3n) is 1.98. The Morgan fingerprint density at radius 2 is 2.00 bits per heavy atom. The van der Waals surface area contributed by atoms with Crippen LogP contribution in [0.1, 0.15) is 16.8 Å². The number of carbonyl (C=O) groups excluding carboxylic acids is 1. The summed E-state index contributed by atoms with van der Waals surface area (Å²) in [5, 5.41) is 8.33. The third-order valence-corrected chi connectivity index (χ3v) is 3.09. The number of nitriles is 1. The van der Waals surface area contributed by atoms with Gasteiger partial charge in [0.2, 0.25) is 0 Å². The average Bonchev–Trinajstić information content (AvgIpc) is 2.27. The number of sulfonamides is 1. The zero-order valence-corrected chi connectivity index (χ0v) is 10.0. The van der Waals surface area contributed by atoms with Crippen LogP contribution < -0.4 is 4.72 Å². The molecule has 0 aromatic heterocycles. The Labute approximate surface area is 106 Å². The van der Waals surface area contributed by atoms with Crippen molar-refractivity contribution in [3.05, 3.63) is 29.8 Å². The van der Waals surface area contributed by atoms with E-state index in [2.05, 4.69) is 0 Å². The molecule has 5 nitrogen and oxygen atoms in total. The van der Waals surface area contributed by atoms with E-state index in [9.17, 15) is 26.4 Å². The van der Waals surface area contributed by atoms with Crippen LogP contribution in [0.2, 0.25) is 0 Å². The molecule has 0 amide bonds. The quantitative estimate of drug-likeness (QED) is 0.860. The van der Waals surface area contributed by atoms with E-state index in [1.165, 1.54) is 16.9 Å². The van der Waals surface area contributed by atoms with Crippen LogP contribution in [0.4, 0.5) is 18.9 Å². The average molecular weight is 292 g/mol. The molecule has 1 aromatic carbocycles. The van der Waals surface area contributed by atoms with Gasteiger partial charge in [-0.25, -0.2) is 0 Å². The van der Waals surface area contributed by atoms with Crippen molar-refractivity contribution in [3.63, 3.8) is 0 Å². The summed E-state index contributed by atoms with van der Waals surface area (Å²) >= 11 is 0. The van der Waals surface area contributed by atoms with E-state index in [0.717, 1.165) is 12.1 Å². The van der Waals surface area contributed by atoms with Crippen molar-refractivity contribution in [1.29, 1.82) is 5.26 Å². The molecule has 0 heterocycles. The molecule has 0 saturated carbocycles. The molecular weight excluding hydrogens is 285 g/mol. The summed E-state index contributed by atoms with van der Waals surface area (Å²) < 4.78 is 59.4. The molecule has 1 rings (SSSR count). The molecule has 0 atom stereocenters. The number of nitrogens with one attached hydrogen (secondary N) is 1. The number of halogens is 3. The Bertz CT molecular complexity index is 632. The van der Waals surface area contributed by atoms with E-state index in [1.807, 2.05) is 0 Å². The number of ketones is 1. The number of Topliss-reactive ketones (excluding diaryl/α,β-unsaturated/α-hetero) is 1. The highest BCUT2D eigenvalue weighted by Crippen LogP contribution is 2.25. The Balaban J connectivity index is 3.03. The first-order valence-corrected chi connectivity index (χ1v) is 6.25. The van der Waals surface area contributed by atoms with Crippen molar-refractivity contribution in [2.75, 3.05) is 4.72 Å². The lowest BCUT2D eigenvalue weighted by atomic mass is 10.1. The third kappa shape index (κ3) is 3.69. The van der Waals surface area contributed by atoms with Gasteiger partial charge in [0.25, 0.3) is 0 Å². The fourth-order valence-corrected chi connectivity index (χ4v) is 1.70. The van der Waals surface area contributed by atoms with Gasteiger partial charge in [0.1, 0.15) is 0 Å². The highest BCUT2D eigenvalue weighted by atomic mass is 32.2. The van der Waals surface area contributed by atoms with Crippen molar-refractivity contribution >= 4 is 21.5 Å². The van der Waals surface area contributed by atoms with Crippen LogP contribution in [0.15, 0.2) is 24.3 Å². The number of alkyl halides is 3. The van der Waals surface area contributed by atoms with E-state index in [4.69, 9.17) is 5.26 Å². The lowest BCUT2D eigenvalue weighted by Crippen LogP contribution is -2.29. The number of rotatable bonds is 4. The fourth-order valence-electron chi connectivity index (χ4n) is 1.14. The second-order valence-electron chi connectivity index (χ2n) is 3.39. The maximum atomic E-state index is 12.1. The van der Waals surface area contributed by atoms with Gasteiger partial charge in [0.05, 0.1) is 12.5 Å². The van der Waals surface area contributed by atoms with Crippen LogP contribution in [0.5, 0.6) is 0 Å². The zero-order chi connectivity index (χ0) is 14.7. The summed E-state index contributed by atoms with van der Waals surface area (Å²) in [4.78, 5) is 11.3. The predicted molar refractivity (Wildman–Crippen MR) is 59.6 cm³/mol. The van der Waals surface area contributed by atoms with Crippen molar-refractivity contribution < 1.29 is 26.4 Å². The minimum Gasteiger partial charge on any atom is -0.293 e. The standard InChI is InChI=1S/C10H7F3N2O3S/c11-10(12,13)19(17,18)15-8-3-1-2-7(6-8)9(16)4-5-14/h1-3,6,15H,4H2. The van der Waals surface area contributed by atoms with E-state index >= 15 is 0 Å². The molecule has 0 spiro atoms. The van der Waals surface area contributed by atoms with Gasteiger partial charge >= 0.3 is 15.5 Å². The molecule has 0 bridgehead atoms. The number of nitrogens with zero attached hydrogens (tertiary/aromatic N) is 1. The van der Waals surface area contributed by atoms with Crippen molar-refractivity contribution in [2.45, 2.75) is 11.9 Å². The van der Waals surface area contributed by atoms with Crippen LogP contribution >= 0.6 is 0 Å². The maximum absolute atomic E-state index is 12.1. The molecule has 9 heteroatoms. The summed E-state index contributed by atoms with van der Waals surface area (Å²) in [5.74, 6) is -0.615. The van der Waals surface area contributed by atoms with Gasteiger partial charge in [0, 0.05) is 11.3 Å². The monoisotopic (exact) mass is 292 g/mol. The van der Waals surface area contributed by atoms with Crippen LogP contribution in [0.25, 0.3) is 0 Å². The molecule has 0 aliphatic carbocycles. The summed E-state index contributed by atoms with van der Waals surface area (Å²) in [6, 6.07) is 6.06. The number of hydrogen-bond donors (Lipinski definition) is 1. The van der Waals surface area contributed by atoms with Crippen LogP contribution in [0.3, 0.4) is 0 Å².